The van der Waals surface area contributed by atoms with Crippen molar-refractivity contribution in [3.8, 4) is 11.3 Å². The maximum Gasteiger partial charge on any atom is 0.271 e. The second kappa shape index (κ2) is 6.51. The van der Waals surface area contributed by atoms with Crippen LogP contribution < -0.4 is 0 Å². The molecule has 25 heavy (non-hydrogen) atoms. The van der Waals surface area contributed by atoms with Crippen LogP contribution in [0, 0.1) is 6.92 Å². The number of hydrogen-bond acceptors (Lipinski definition) is 5. The van der Waals surface area contributed by atoms with Gasteiger partial charge in [-0.25, -0.2) is 0 Å². The number of carbonyl (C=O) groups excluding carboxylic acids is 1. The van der Waals surface area contributed by atoms with E-state index in [0.29, 0.717) is 24.0 Å². The van der Waals surface area contributed by atoms with Crippen LogP contribution in [0.3, 0.4) is 0 Å². The van der Waals surface area contributed by atoms with Gasteiger partial charge in [0.2, 0.25) is 5.89 Å². The van der Waals surface area contributed by atoms with E-state index in [1.807, 2.05) is 35.2 Å². The number of hydrogen-bond donors (Lipinski definition) is 1. The van der Waals surface area contributed by atoms with Crippen LogP contribution in [-0.2, 0) is 0 Å². The van der Waals surface area contributed by atoms with E-state index in [-0.39, 0.29) is 11.8 Å². The van der Waals surface area contributed by atoms with E-state index in [0.717, 1.165) is 30.6 Å². The third kappa shape index (κ3) is 3.17. The summed E-state index contributed by atoms with van der Waals surface area (Å²) in [6.07, 6.45) is 1.88. The van der Waals surface area contributed by atoms with Crippen molar-refractivity contribution in [2.75, 3.05) is 13.1 Å². The van der Waals surface area contributed by atoms with E-state index in [1.54, 1.807) is 13.0 Å². The molecule has 7 nitrogen and oxygen atoms in total. The molecule has 1 aliphatic rings. The molecule has 0 saturated carbocycles. The lowest BCUT2D eigenvalue weighted by atomic mass is 9.97. The minimum Gasteiger partial charge on any atom is -0.340 e. The van der Waals surface area contributed by atoms with Crippen LogP contribution >= 0.6 is 0 Å². The van der Waals surface area contributed by atoms with Crippen LogP contribution in [0.4, 0.5) is 0 Å². The highest BCUT2D eigenvalue weighted by Crippen LogP contribution is 2.26. The summed E-state index contributed by atoms with van der Waals surface area (Å²) in [5.41, 5.74) is 2.26. The van der Waals surface area contributed by atoms with Crippen molar-refractivity contribution in [1.82, 2.24) is 25.2 Å². The van der Waals surface area contributed by atoms with E-state index in [2.05, 4.69) is 20.3 Å². The molecule has 0 radical (unpaired) electrons. The Bertz CT molecular complexity index is 870. The highest BCUT2D eigenvalue weighted by molar-refractivity contribution is 5.93. The van der Waals surface area contributed by atoms with Gasteiger partial charge in [0.05, 0.1) is 5.69 Å². The number of aryl methyl sites for hydroxylation is 1. The molecule has 3 heterocycles. The van der Waals surface area contributed by atoms with Crippen LogP contribution in [-0.4, -0.2) is 44.2 Å². The molecule has 0 aliphatic carbocycles. The van der Waals surface area contributed by atoms with Gasteiger partial charge >= 0.3 is 0 Å². The SMILES string of the molecule is Cc1nc([C@@H]2CCCN(C(=O)c3cc(-c4ccccc4)n[nH]3)C2)no1. The van der Waals surface area contributed by atoms with Crippen molar-refractivity contribution in [3.63, 3.8) is 0 Å². The Morgan fingerprint density at radius 2 is 2.16 bits per heavy atom. The number of rotatable bonds is 3. The van der Waals surface area contributed by atoms with Crippen molar-refractivity contribution in [3.05, 3.63) is 53.8 Å². The van der Waals surface area contributed by atoms with Crippen molar-refractivity contribution >= 4 is 5.91 Å². The minimum absolute atomic E-state index is 0.0420. The van der Waals surface area contributed by atoms with Gasteiger partial charge in [-0.15, -0.1) is 0 Å². The minimum atomic E-state index is -0.0420. The fraction of sp³-hybridized carbons (Fsp3) is 0.333. The van der Waals surface area contributed by atoms with Gasteiger partial charge in [0, 0.05) is 31.5 Å². The smallest absolute Gasteiger partial charge is 0.271 e. The zero-order valence-electron chi connectivity index (χ0n) is 14.0. The lowest BCUT2D eigenvalue weighted by molar-refractivity contribution is 0.0697. The van der Waals surface area contributed by atoms with Gasteiger partial charge in [0.25, 0.3) is 5.91 Å². The Labute approximate surface area is 145 Å². The predicted octanol–water partition coefficient (Wildman–Crippen LogP) is 2.79. The number of nitrogens with one attached hydrogen (secondary N) is 1. The van der Waals surface area contributed by atoms with E-state index >= 15 is 0 Å². The number of likely N-dealkylation sites (tertiary alicyclic amines) is 1. The number of benzene rings is 1. The molecule has 1 N–H and O–H groups in total. The van der Waals surface area contributed by atoms with E-state index in [9.17, 15) is 4.79 Å². The average Bonchev–Trinajstić information content (AvgIpc) is 3.31. The molecule has 1 atom stereocenters. The summed E-state index contributed by atoms with van der Waals surface area (Å²) in [5.74, 6) is 1.32. The lowest BCUT2D eigenvalue weighted by Gasteiger charge is -2.30. The summed E-state index contributed by atoms with van der Waals surface area (Å²) in [5, 5.41) is 11.1. The molecule has 1 aliphatic heterocycles. The molecule has 0 bridgehead atoms. The maximum atomic E-state index is 12.8. The monoisotopic (exact) mass is 337 g/mol. The molecule has 0 spiro atoms. The Morgan fingerprint density at radius 1 is 1.32 bits per heavy atom. The standard InChI is InChI=1S/C18H19N5O2/c1-12-19-17(22-25-12)14-8-5-9-23(11-14)18(24)16-10-15(20-21-16)13-6-3-2-4-7-13/h2-4,6-7,10,14H,5,8-9,11H2,1H3,(H,20,21)/t14-/m1/s1. The average molecular weight is 337 g/mol. The normalized spacial score (nSPS) is 17.6. The Balaban J connectivity index is 1.50. The van der Waals surface area contributed by atoms with E-state index in [4.69, 9.17) is 4.52 Å². The first kappa shape index (κ1) is 15.6. The summed E-state index contributed by atoms with van der Waals surface area (Å²) in [4.78, 5) is 19.0. The first-order valence-electron chi connectivity index (χ1n) is 8.41. The molecule has 1 saturated heterocycles. The predicted molar refractivity (Wildman–Crippen MR) is 90.9 cm³/mol. The number of amides is 1. The third-order valence-electron chi connectivity index (χ3n) is 4.49. The first-order chi connectivity index (χ1) is 12.2. The van der Waals surface area contributed by atoms with E-state index in [1.165, 1.54) is 0 Å². The fourth-order valence-corrected chi connectivity index (χ4v) is 3.21. The van der Waals surface area contributed by atoms with Gasteiger partial charge in [0.1, 0.15) is 5.69 Å². The number of carbonyl (C=O) groups is 1. The molecule has 128 valence electrons. The van der Waals surface area contributed by atoms with Gasteiger partial charge < -0.3 is 9.42 Å². The molecule has 2 aromatic heterocycles. The largest absolute Gasteiger partial charge is 0.340 e. The molecule has 4 rings (SSSR count). The highest BCUT2D eigenvalue weighted by atomic mass is 16.5. The molecule has 1 amide bonds. The Morgan fingerprint density at radius 3 is 2.92 bits per heavy atom. The molecule has 0 unspecified atom stereocenters. The van der Waals surface area contributed by atoms with Crippen LogP contribution in [0.15, 0.2) is 40.9 Å². The molecule has 3 aromatic rings. The Hall–Kier alpha value is -2.96. The first-order valence-corrected chi connectivity index (χ1v) is 8.41. The summed E-state index contributed by atoms with van der Waals surface area (Å²) >= 11 is 0. The van der Waals surface area contributed by atoms with Crippen molar-refractivity contribution in [1.29, 1.82) is 0 Å². The van der Waals surface area contributed by atoms with Gasteiger partial charge in [-0.2, -0.15) is 10.1 Å². The number of piperidine rings is 1. The molecule has 7 heteroatoms. The molecular weight excluding hydrogens is 318 g/mol. The zero-order valence-corrected chi connectivity index (χ0v) is 14.0. The third-order valence-corrected chi connectivity index (χ3v) is 4.49. The lowest BCUT2D eigenvalue weighted by Crippen LogP contribution is -2.39. The van der Waals surface area contributed by atoms with Crippen LogP contribution in [0.25, 0.3) is 11.3 Å². The van der Waals surface area contributed by atoms with Gasteiger partial charge in [-0.3, -0.25) is 9.89 Å². The maximum absolute atomic E-state index is 12.8. The van der Waals surface area contributed by atoms with Crippen LogP contribution in [0.2, 0.25) is 0 Å². The second-order valence-corrected chi connectivity index (χ2v) is 6.29. The number of nitrogens with zero attached hydrogens (tertiary/aromatic N) is 4. The van der Waals surface area contributed by atoms with Gasteiger partial charge in [-0.1, -0.05) is 35.5 Å². The Kier molecular flexibility index (Phi) is 4.05. The van der Waals surface area contributed by atoms with Gasteiger partial charge in [-0.05, 0) is 18.9 Å². The van der Waals surface area contributed by atoms with Crippen molar-refractivity contribution < 1.29 is 9.32 Å². The second-order valence-electron chi connectivity index (χ2n) is 6.29. The zero-order chi connectivity index (χ0) is 17.2. The summed E-state index contributed by atoms with van der Waals surface area (Å²) < 4.78 is 5.07. The fourth-order valence-electron chi connectivity index (χ4n) is 3.21. The summed E-state index contributed by atoms with van der Waals surface area (Å²) in [7, 11) is 0. The molecule has 1 aromatic carbocycles. The van der Waals surface area contributed by atoms with Crippen molar-refractivity contribution in [2.24, 2.45) is 0 Å². The van der Waals surface area contributed by atoms with Gasteiger partial charge in [0.15, 0.2) is 5.82 Å². The topological polar surface area (TPSA) is 87.9 Å². The van der Waals surface area contributed by atoms with Crippen LogP contribution in [0.1, 0.15) is 41.0 Å². The van der Waals surface area contributed by atoms with Crippen molar-refractivity contribution in [2.45, 2.75) is 25.7 Å². The number of aromatic nitrogens is 4. The van der Waals surface area contributed by atoms with Crippen LogP contribution in [0.5, 0.6) is 0 Å². The summed E-state index contributed by atoms with van der Waals surface area (Å²) in [6, 6.07) is 11.6. The quantitative estimate of drug-likeness (QED) is 0.794. The molecular formula is C18H19N5O2. The number of aromatic amines is 1. The molecule has 1 fully saturated rings. The number of H-pyrrole nitrogens is 1. The highest BCUT2D eigenvalue weighted by Gasteiger charge is 2.29. The summed E-state index contributed by atoms with van der Waals surface area (Å²) in [6.45, 7) is 3.10. The van der Waals surface area contributed by atoms with E-state index < -0.39 is 0 Å².